The number of aromatic nitrogens is 1. The second kappa shape index (κ2) is 4.62. The Bertz CT molecular complexity index is 640. The first-order valence-electron chi connectivity index (χ1n) is 5.05. The number of halogens is 1. The molecule has 0 fully saturated rings. The number of hydrogen-bond donors (Lipinski definition) is 0. The minimum atomic E-state index is -0.545. The molecule has 0 radical (unpaired) electrons. The van der Waals surface area contributed by atoms with Gasteiger partial charge < -0.3 is 4.57 Å². The SMILES string of the molecule is N#Cc1cc(Cn2ccccc2=O)ccc1F. The van der Waals surface area contributed by atoms with Crippen molar-refractivity contribution in [1.82, 2.24) is 4.57 Å². The van der Waals surface area contributed by atoms with Crippen LogP contribution in [0.5, 0.6) is 0 Å². The summed E-state index contributed by atoms with van der Waals surface area (Å²) in [5.74, 6) is -0.545. The van der Waals surface area contributed by atoms with E-state index in [0.29, 0.717) is 6.54 Å². The first kappa shape index (κ1) is 11.1. The fraction of sp³-hybridized carbons (Fsp3) is 0.0769. The number of benzene rings is 1. The van der Waals surface area contributed by atoms with Crippen molar-refractivity contribution in [2.45, 2.75) is 6.54 Å². The number of pyridine rings is 1. The number of nitrogens with zero attached hydrogens (tertiary/aromatic N) is 2. The predicted molar refractivity (Wildman–Crippen MR) is 60.9 cm³/mol. The molecule has 0 amide bonds. The first-order valence-corrected chi connectivity index (χ1v) is 5.05. The third-order valence-electron chi connectivity index (χ3n) is 2.40. The molecular weight excluding hydrogens is 219 g/mol. The van der Waals surface area contributed by atoms with Gasteiger partial charge in [0.05, 0.1) is 12.1 Å². The zero-order valence-corrected chi connectivity index (χ0v) is 8.93. The normalized spacial score (nSPS) is 9.88. The van der Waals surface area contributed by atoms with Crippen molar-refractivity contribution in [1.29, 1.82) is 5.26 Å². The third-order valence-corrected chi connectivity index (χ3v) is 2.40. The van der Waals surface area contributed by atoms with E-state index >= 15 is 0 Å². The van der Waals surface area contributed by atoms with Gasteiger partial charge in [-0.1, -0.05) is 12.1 Å². The molecule has 0 unspecified atom stereocenters. The van der Waals surface area contributed by atoms with Gasteiger partial charge >= 0.3 is 0 Å². The van der Waals surface area contributed by atoms with Crippen molar-refractivity contribution in [2.24, 2.45) is 0 Å². The van der Waals surface area contributed by atoms with Crippen LogP contribution in [0.4, 0.5) is 4.39 Å². The molecule has 1 aromatic heterocycles. The molecule has 0 saturated heterocycles. The molecule has 1 heterocycles. The summed E-state index contributed by atoms with van der Waals surface area (Å²) in [4.78, 5) is 11.5. The van der Waals surface area contributed by atoms with Gasteiger partial charge in [-0.25, -0.2) is 4.39 Å². The minimum absolute atomic E-state index is 0.00789. The number of rotatable bonds is 2. The van der Waals surface area contributed by atoms with Crippen molar-refractivity contribution < 1.29 is 4.39 Å². The quantitative estimate of drug-likeness (QED) is 0.788. The summed E-state index contributed by atoms with van der Waals surface area (Å²) < 4.78 is 14.6. The largest absolute Gasteiger partial charge is 0.311 e. The predicted octanol–water partition coefficient (Wildman–Crippen LogP) is 1.91. The van der Waals surface area contributed by atoms with Gasteiger partial charge in [0.25, 0.3) is 5.56 Å². The summed E-state index contributed by atoms with van der Waals surface area (Å²) in [7, 11) is 0. The van der Waals surface area contributed by atoms with Crippen LogP contribution in [0, 0.1) is 17.1 Å². The number of nitriles is 1. The van der Waals surface area contributed by atoms with Crippen LogP contribution in [0.15, 0.2) is 47.4 Å². The molecule has 2 aromatic rings. The Kier molecular flexibility index (Phi) is 3.01. The molecule has 0 N–H and O–H groups in total. The van der Waals surface area contributed by atoms with E-state index in [1.54, 1.807) is 30.5 Å². The summed E-state index contributed by atoms with van der Waals surface area (Å²) in [6.07, 6.45) is 1.65. The fourth-order valence-corrected chi connectivity index (χ4v) is 1.54. The average molecular weight is 228 g/mol. The van der Waals surface area contributed by atoms with E-state index < -0.39 is 5.82 Å². The highest BCUT2D eigenvalue weighted by molar-refractivity contribution is 5.34. The van der Waals surface area contributed by atoms with E-state index in [1.165, 1.54) is 22.8 Å². The molecule has 0 aliphatic rings. The summed E-state index contributed by atoms with van der Waals surface area (Å²) in [6, 6.07) is 10.9. The van der Waals surface area contributed by atoms with Crippen LogP contribution in [-0.2, 0) is 6.54 Å². The highest BCUT2D eigenvalue weighted by Crippen LogP contribution is 2.10. The molecule has 0 spiro atoms. The van der Waals surface area contributed by atoms with Crippen LogP contribution in [0.25, 0.3) is 0 Å². The van der Waals surface area contributed by atoms with Crippen molar-refractivity contribution in [3.63, 3.8) is 0 Å². The van der Waals surface area contributed by atoms with E-state index in [2.05, 4.69) is 0 Å². The lowest BCUT2D eigenvalue weighted by molar-refractivity contribution is 0.622. The molecule has 2 rings (SSSR count). The zero-order chi connectivity index (χ0) is 12.3. The van der Waals surface area contributed by atoms with Crippen LogP contribution in [-0.4, -0.2) is 4.57 Å². The van der Waals surface area contributed by atoms with Crippen molar-refractivity contribution in [2.75, 3.05) is 0 Å². The maximum Gasteiger partial charge on any atom is 0.250 e. The number of hydrogen-bond acceptors (Lipinski definition) is 2. The van der Waals surface area contributed by atoms with E-state index in [-0.39, 0.29) is 11.1 Å². The molecule has 3 nitrogen and oxygen atoms in total. The Morgan fingerprint density at radius 2 is 2.12 bits per heavy atom. The Hall–Kier alpha value is -2.41. The molecule has 1 aromatic carbocycles. The molecule has 17 heavy (non-hydrogen) atoms. The minimum Gasteiger partial charge on any atom is -0.311 e. The first-order chi connectivity index (χ1) is 8.20. The highest BCUT2D eigenvalue weighted by Gasteiger charge is 2.03. The monoisotopic (exact) mass is 228 g/mol. The van der Waals surface area contributed by atoms with Gasteiger partial charge in [-0.2, -0.15) is 5.26 Å². The summed E-state index contributed by atoms with van der Waals surface area (Å²) in [5, 5.41) is 8.71. The van der Waals surface area contributed by atoms with E-state index in [1.807, 2.05) is 0 Å². The molecular formula is C13H9FN2O. The topological polar surface area (TPSA) is 45.8 Å². The molecule has 0 bridgehead atoms. The lowest BCUT2D eigenvalue weighted by Gasteiger charge is -2.05. The lowest BCUT2D eigenvalue weighted by atomic mass is 10.1. The van der Waals surface area contributed by atoms with Crippen LogP contribution >= 0.6 is 0 Å². The average Bonchev–Trinajstić information content (AvgIpc) is 2.34. The molecule has 84 valence electrons. The molecule has 0 atom stereocenters. The van der Waals surface area contributed by atoms with E-state index in [9.17, 15) is 9.18 Å². The van der Waals surface area contributed by atoms with Gasteiger partial charge in [0.1, 0.15) is 11.9 Å². The third kappa shape index (κ3) is 2.40. The fourth-order valence-electron chi connectivity index (χ4n) is 1.54. The van der Waals surface area contributed by atoms with Crippen LogP contribution < -0.4 is 5.56 Å². The van der Waals surface area contributed by atoms with E-state index in [0.717, 1.165) is 5.56 Å². The molecule has 0 aliphatic heterocycles. The summed E-state index contributed by atoms with van der Waals surface area (Å²) >= 11 is 0. The molecule has 4 heteroatoms. The van der Waals surface area contributed by atoms with Gasteiger partial charge in [-0.3, -0.25) is 4.79 Å². The van der Waals surface area contributed by atoms with E-state index in [4.69, 9.17) is 5.26 Å². The van der Waals surface area contributed by atoms with Gasteiger partial charge in [-0.15, -0.1) is 0 Å². The smallest absolute Gasteiger partial charge is 0.250 e. The molecule has 0 aliphatic carbocycles. The Morgan fingerprint density at radius 1 is 1.29 bits per heavy atom. The zero-order valence-electron chi connectivity index (χ0n) is 8.93. The van der Waals surface area contributed by atoms with Gasteiger partial charge in [0.2, 0.25) is 0 Å². The highest BCUT2D eigenvalue weighted by atomic mass is 19.1. The van der Waals surface area contributed by atoms with Crippen molar-refractivity contribution in [3.05, 3.63) is 69.9 Å². The lowest BCUT2D eigenvalue weighted by Crippen LogP contribution is -2.18. The van der Waals surface area contributed by atoms with Crippen LogP contribution in [0.1, 0.15) is 11.1 Å². The van der Waals surface area contributed by atoms with Gasteiger partial charge in [0.15, 0.2) is 0 Å². The Balaban J connectivity index is 2.35. The second-order valence-electron chi connectivity index (χ2n) is 3.59. The Labute approximate surface area is 97.4 Å². The summed E-state index contributed by atoms with van der Waals surface area (Å²) in [5.41, 5.74) is 0.582. The maximum atomic E-state index is 13.1. The van der Waals surface area contributed by atoms with Gasteiger partial charge in [-0.05, 0) is 23.8 Å². The van der Waals surface area contributed by atoms with Crippen molar-refractivity contribution in [3.8, 4) is 6.07 Å². The molecule has 0 saturated carbocycles. The van der Waals surface area contributed by atoms with Crippen LogP contribution in [0.3, 0.4) is 0 Å². The van der Waals surface area contributed by atoms with Gasteiger partial charge in [0, 0.05) is 12.3 Å². The second-order valence-corrected chi connectivity index (χ2v) is 3.59. The van der Waals surface area contributed by atoms with Crippen LogP contribution in [0.2, 0.25) is 0 Å². The van der Waals surface area contributed by atoms with Crippen molar-refractivity contribution >= 4 is 0 Å². The summed E-state index contributed by atoms with van der Waals surface area (Å²) in [6.45, 7) is 0.328. The standard InChI is InChI=1S/C13H9FN2O/c14-12-5-4-10(7-11(12)8-15)9-16-6-2-1-3-13(16)17/h1-7H,9H2. The maximum absolute atomic E-state index is 13.1. The Morgan fingerprint density at radius 3 is 2.82 bits per heavy atom.